The van der Waals surface area contributed by atoms with E-state index in [0.29, 0.717) is 6.42 Å². The minimum absolute atomic E-state index is 0.109. The van der Waals surface area contributed by atoms with Crippen molar-refractivity contribution in [3.05, 3.63) is 102 Å². The molecule has 1 N–H and O–H groups in total. The van der Waals surface area contributed by atoms with Gasteiger partial charge in [-0.1, -0.05) is 66.7 Å². The van der Waals surface area contributed by atoms with Crippen LogP contribution >= 0.6 is 0 Å². The number of ketones is 1. The second-order valence-corrected chi connectivity index (χ2v) is 7.02. The first-order valence-electron chi connectivity index (χ1n) is 9.42. The van der Waals surface area contributed by atoms with Gasteiger partial charge in [-0.2, -0.15) is 0 Å². The molecule has 136 valence electrons. The molecular weight excluding hydrogens is 346 g/mol. The van der Waals surface area contributed by atoms with Gasteiger partial charge < -0.3 is 10.1 Å². The van der Waals surface area contributed by atoms with Crippen molar-refractivity contribution in [1.29, 1.82) is 0 Å². The quantitative estimate of drug-likeness (QED) is 0.429. The third-order valence-corrected chi connectivity index (χ3v) is 5.19. The van der Waals surface area contributed by atoms with E-state index >= 15 is 0 Å². The maximum Gasteiger partial charge on any atom is 0.165 e. The van der Waals surface area contributed by atoms with Crippen molar-refractivity contribution in [2.24, 2.45) is 0 Å². The Hall–Kier alpha value is -3.59. The molecule has 3 heteroatoms. The summed E-state index contributed by atoms with van der Waals surface area (Å²) >= 11 is 0. The maximum atomic E-state index is 13.1. The minimum atomic E-state index is -0.154. The van der Waals surface area contributed by atoms with Gasteiger partial charge >= 0.3 is 0 Å². The van der Waals surface area contributed by atoms with E-state index in [1.54, 1.807) is 0 Å². The molecule has 0 amide bonds. The zero-order valence-electron chi connectivity index (χ0n) is 15.3. The van der Waals surface area contributed by atoms with Crippen LogP contribution in [-0.4, -0.2) is 5.78 Å². The summed E-state index contributed by atoms with van der Waals surface area (Å²) in [5.41, 5.74) is 2.62. The number of benzene rings is 4. The lowest BCUT2D eigenvalue weighted by molar-refractivity contribution is 0.0976. The average molecular weight is 365 g/mol. The topological polar surface area (TPSA) is 38.3 Å². The Morgan fingerprint density at radius 1 is 0.786 bits per heavy atom. The summed E-state index contributed by atoms with van der Waals surface area (Å²) in [5.74, 6) is 1.67. The van der Waals surface area contributed by atoms with Gasteiger partial charge in [0.05, 0.1) is 11.7 Å². The Labute approximate surface area is 163 Å². The summed E-state index contributed by atoms with van der Waals surface area (Å²) < 4.78 is 6.10. The number of fused-ring (bicyclic) bond motifs is 3. The van der Waals surface area contributed by atoms with E-state index in [1.807, 2.05) is 84.9 Å². The molecule has 3 nitrogen and oxygen atoms in total. The predicted octanol–water partition coefficient (Wildman–Crippen LogP) is 6.37. The first kappa shape index (κ1) is 16.6. The van der Waals surface area contributed by atoms with E-state index in [2.05, 4.69) is 11.4 Å². The molecular formula is C25H19NO2. The SMILES string of the molecule is O=C(CC1Nc2ccccc2Oc2ccccc21)c1ccc2ccccc2c1. The maximum absolute atomic E-state index is 13.1. The molecule has 1 atom stereocenters. The summed E-state index contributed by atoms with van der Waals surface area (Å²) in [7, 11) is 0. The Morgan fingerprint density at radius 3 is 2.39 bits per heavy atom. The van der Waals surface area contributed by atoms with Crippen LogP contribution in [-0.2, 0) is 0 Å². The molecule has 1 heterocycles. The van der Waals surface area contributed by atoms with Crippen molar-refractivity contribution < 1.29 is 9.53 Å². The molecule has 0 saturated carbocycles. The van der Waals surface area contributed by atoms with Crippen molar-refractivity contribution in [3.8, 4) is 11.5 Å². The van der Waals surface area contributed by atoms with Crippen LogP contribution in [0.4, 0.5) is 5.69 Å². The predicted molar refractivity (Wildman–Crippen MR) is 112 cm³/mol. The number of carbonyl (C=O) groups excluding carboxylic acids is 1. The minimum Gasteiger partial charge on any atom is -0.455 e. The number of ether oxygens (including phenoxy) is 1. The first-order chi connectivity index (χ1) is 13.8. The van der Waals surface area contributed by atoms with Crippen molar-refractivity contribution in [2.75, 3.05) is 5.32 Å². The second-order valence-electron chi connectivity index (χ2n) is 7.02. The fourth-order valence-corrected chi connectivity index (χ4v) is 3.75. The molecule has 0 fully saturated rings. The zero-order chi connectivity index (χ0) is 18.9. The Morgan fingerprint density at radius 2 is 1.50 bits per heavy atom. The van der Waals surface area contributed by atoms with E-state index in [9.17, 15) is 4.79 Å². The third-order valence-electron chi connectivity index (χ3n) is 5.19. The average Bonchev–Trinajstić information content (AvgIpc) is 2.90. The number of hydrogen-bond acceptors (Lipinski definition) is 3. The highest BCUT2D eigenvalue weighted by Gasteiger charge is 2.25. The second kappa shape index (κ2) is 6.86. The molecule has 5 rings (SSSR count). The third kappa shape index (κ3) is 3.01. The standard InChI is InChI=1S/C25H19NO2/c27-23(19-14-13-17-7-1-2-8-18(17)15-19)16-22-20-9-3-5-11-24(20)28-25-12-6-4-10-21(25)26-22/h1-15,22,26H,16H2. The molecule has 1 aliphatic rings. The fourth-order valence-electron chi connectivity index (χ4n) is 3.75. The van der Waals surface area contributed by atoms with Gasteiger partial charge in [0.1, 0.15) is 5.75 Å². The highest BCUT2D eigenvalue weighted by atomic mass is 16.5. The largest absolute Gasteiger partial charge is 0.455 e. The van der Waals surface area contributed by atoms with Gasteiger partial charge in [0.15, 0.2) is 11.5 Å². The van der Waals surface area contributed by atoms with E-state index in [0.717, 1.165) is 39.1 Å². The van der Waals surface area contributed by atoms with Crippen LogP contribution < -0.4 is 10.1 Å². The van der Waals surface area contributed by atoms with Crippen LogP contribution in [0.3, 0.4) is 0 Å². The normalized spacial score (nSPS) is 14.9. The molecule has 0 aromatic heterocycles. The molecule has 0 spiro atoms. The van der Waals surface area contributed by atoms with E-state index in [1.165, 1.54) is 0 Å². The molecule has 28 heavy (non-hydrogen) atoms. The van der Waals surface area contributed by atoms with Gasteiger partial charge in [-0.15, -0.1) is 0 Å². The number of carbonyl (C=O) groups is 1. The monoisotopic (exact) mass is 365 g/mol. The zero-order valence-corrected chi connectivity index (χ0v) is 15.3. The van der Waals surface area contributed by atoms with Crippen LogP contribution in [0, 0.1) is 0 Å². The van der Waals surface area contributed by atoms with Crippen molar-refractivity contribution in [2.45, 2.75) is 12.5 Å². The summed E-state index contributed by atoms with van der Waals surface area (Å²) in [6.45, 7) is 0. The van der Waals surface area contributed by atoms with E-state index < -0.39 is 0 Å². The van der Waals surface area contributed by atoms with Crippen LogP contribution in [0.1, 0.15) is 28.4 Å². The molecule has 4 aromatic carbocycles. The smallest absolute Gasteiger partial charge is 0.165 e. The lowest BCUT2D eigenvalue weighted by atomic mass is 9.96. The molecule has 4 aromatic rings. The summed E-state index contributed by atoms with van der Waals surface area (Å²) in [5, 5.41) is 5.73. The summed E-state index contributed by atoms with van der Waals surface area (Å²) in [6, 6.07) is 29.6. The van der Waals surface area contributed by atoms with Crippen LogP contribution in [0.15, 0.2) is 91.0 Å². The Balaban J connectivity index is 1.50. The molecule has 0 bridgehead atoms. The van der Waals surface area contributed by atoms with E-state index in [4.69, 9.17) is 4.74 Å². The van der Waals surface area contributed by atoms with Crippen LogP contribution in [0.25, 0.3) is 10.8 Å². The van der Waals surface area contributed by atoms with E-state index in [-0.39, 0.29) is 11.8 Å². The molecule has 0 aliphatic carbocycles. The van der Waals surface area contributed by atoms with Crippen LogP contribution in [0.2, 0.25) is 0 Å². The number of rotatable bonds is 3. The van der Waals surface area contributed by atoms with Crippen molar-refractivity contribution in [1.82, 2.24) is 0 Å². The van der Waals surface area contributed by atoms with Gasteiger partial charge in [-0.25, -0.2) is 0 Å². The molecule has 0 radical (unpaired) electrons. The number of anilines is 1. The van der Waals surface area contributed by atoms with Gasteiger partial charge in [0.2, 0.25) is 0 Å². The highest BCUT2D eigenvalue weighted by Crippen LogP contribution is 2.41. The van der Waals surface area contributed by atoms with Gasteiger partial charge in [-0.05, 0) is 35.0 Å². The number of nitrogens with one attached hydrogen (secondary N) is 1. The van der Waals surface area contributed by atoms with Gasteiger partial charge in [0.25, 0.3) is 0 Å². The summed E-state index contributed by atoms with van der Waals surface area (Å²) in [4.78, 5) is 13.1. The molecule has 0 saturated heterocycles. The number of para-hydroxylation sites is 3. The van der Waals surface area contributed by atoms with Crippen molar-refractivity contribution in [3.63, 3.8) is 0 Å². The van der Waals surface area contributed by atoms with Crippen LogP contribution in [0.5, 0.6) is 11.5 Å². The van der Waals surface area contributed by atoms with Gasteiger partial charge in [0, 0.05) is 17.5 Å². The number of hydrogen-bond donors (Lipinski definition) is 1. The Kier molecular flexibility index (Phi) is 4.06. The lowest BCUT2D eigenvalue weighted by Crippen LogP contribution is -2.15. The Bertz CT molecular complexity index is 1180. The number of Topliss-reactive ketones (excluding diaryl/α,β-unsaturated/α-hetero) is 1. The van der Waals surface area contributed by atoms with Gasteiger partial charge in [-0.3, -0.25) is 4.79 Å². The first-order valence-corrected chi connectivity index (χ1v) is 9.42. The fraction of sp³-hybridized carbons (Fsp3) is 0.0800. The molecule has 1 aliphatic heterocycles. The summed E-state index contributed by atoms with van der Waals surface area (Å²) in [6.07, 6.45) is 0.354. The molecule has 1 unspecified atom stereocenters. The van der Waals surface area contributed by atoms with Crippen molar-refractivity contribution >= 4 is 22.2 Å². The highest BCUT2D eigenvalue weighted by molar-refractivity contribution is 6.00. The lowest BCUT2D eigenvalue weighted by Gasteiger charge is -2.18.